The monoisotopic (exact) mass is 615 g/mol. The summed E-state index contributed by atoms with van der Waals surface area (Å²) in [4.78, 5) is 21.0. The maximum atomic E-state index is 13.3. The van der Waals surface area contributed by atoms with Gasteiger partial charge in [0.25, 0.3) is 0 Å². The minimum absolute atomic E-state index is 0.137. The lowest BCUT2D eigenvalue weighted by molar-refractivity contribution is 0.0913. The van der Waals surface area contributed by atoms with Crippen LogP contribution in [0.5, 0.6) is 5.75 Å². The molecule has 4 aromatic rings. The molecule has 5 heteroatoms. The maximum Gasteiger partial charge on any atom is 0.166 e. The van der Waals surface area contributed by atoms with Gasteiger partial charge in [0.2, 0.25) is 0 Å². The SMILES string of the molecule is O=C(CCCCN1CCN(Cc2ccccc2)CC1)c1ccccc1OC1CCN(CC(c2ccccc2)c2ccccc2)CC1. The minimum Gasteiger partial charge on any atom is -0.490 e. The fraction of sp³-hybridized carbons (Fsp3) is 0.390. The fourth-order valence-corrected chi connectivity index (χ4v) is 6.99. The van der Waals surface area contributed by atoms with Crippen LogP contribution in [-0.4, -0.2) is 78.9 Å². The molecule has 0 amide bonds. The van der Waals surface area contributed by atoms with Crippen molar-refractivity contribution in [2.45, 2.75) is 50.7 Å². The minimum atomic E-state index is 0.137. The number of hydrogen-bond donors (Lipinski definition) is 0. The number of carbonyl (C=O) groups excluding carboxylic acids is 1. The van der Waals surface area contributed by atoms with Gasteiger partial charge in [-0.25, -0.2) is 0 Å². The van der Waals surface area contributed by atoms with Gasteiger partial charge in [-0.2, -0.15) is 0 Å². The largest absolute Gasteiger partial charge is 0.490 e. The van der Waals surface area contributed by atoms with E-state index in [9.17, 15) is 4.79 Å². The molecule has 2 saturated heterocycles. The summed E-state index contributed by atoms with van der Waals surface area (Å²) in [5, 5.41) is 0. The van der Waals surface area contributed by atoms with E-state index in [1.165, 1.54) is 16.7 Å². The Kier molecular flexibility index (Phi) is 11.7. The predicted molar refractivity (Wildman–Crippen MR) is 188 cm³/mol. The summed E-state index contributed by atoms with van der Waals surface area (Å²) >= 11 is 0. The molecule has 0 aliphatic carbocycles. The van der Waals surface area contributed by atoms with Gasteiger partial charge in [0.05, 0.1) is 5.56 Å². The van der Waals surface area contributed by atoms with Crippen molar-refractivity contribution >= 4 is 5.78 Å². The van der Waals surface area contributed by atoms with Gasteiger partial charge in [-0.05, 0) is 61.1 Å². The second-order valence-electron chi connectivity index (χ2n) is 13.0. The van der Waals surface area contributed by atoms with Crippen molar-refractivity contribution in [3.8, 4) is 5.75 Å². The number of likely N-dealkylation sites (tertiary alicyclic amines) is 1. The van der Waals surface area contributed by atoms with Gasteiger partial charge >= 0.3 is 0 Å². The van der Waals surface area contributed by atoms with Crippen molar-refractivity contribution in [1.29, 1.82) is 0 Å². The molecular formula is C41H49N3O2. The van der Waals surface area contributed by atoms with Crippen molar-refractivity contribution < 1.29 is 9.53 Å². The number of ether oxygens (including phenoxy) is 1. The van der Waals surface area contributed by atoms with Crippen LogP contribution >= 0.6 is 0 Å². The Morgan fingerprint density at radius 2 is 1.20 bits per heavy atom. The van der Waals surface area contributed by atoms with Gasteiger partial charge in [-0.15, -0.1) is 0 Å². The van der Waals surface area contributed by atoms with Crippen LogP contribution in [0.2, 0.25) is 0 Å². The maximum absolute atomic E-state index is 13.3. The van der Waals surface area contributed by atoms with E-state index in [2.05, 4.69) is 106 Å². The Hall–Kier alpha value is -3.77. The summed E-state index contributed by atoms with van der Waals surface area (Å²) < 4.78 is 6.52. The van der Waals surface area contributed by atoms with E-state index in [0.29, 0.717) is 12.3 Å². The normalized spacial score (nSPS) is 16.9. The Bertz CT molecular complexity index is 1420. The molecule has 0 radical (unpaired) electrons. The molecule has 2 aliphatic rings. The molecule has 0 bridgehead atoms. The molecule has 5 nitrogen and oxygen atoms in total. The molecule has 6 rings (SSSR count). The molecule has 0 saturated carbocycles. The third-order valence-electron chi connectivity index (χ3n) is 9.70. The van der Waals surface area contributed by atoms with Crippen molar-refractivity contribution in [3.05, 3.63) is 138 Å². The number of carbonyl (C=O) groups is 1. The summed E-state index contributed by atoms with van der Waals surface area (Å²) in [7, 11) is 0. The number of nitrogens with zero attached hydrogens (tertiary/aromatic N) is 3. The standard InChI is InChI=1S/C41H49N3O2/c45-40(21-12-13-25-42-28-30-44(31-29-42)32-34-14-4-1-5-15-34)38-20-10-11-22-41(38)46-37-23-26-43(27-24-37)33-39(35-16-6-2-7-17-35)36-18-8-3-9-19-36/h1-11,14-20,22,37,39H,12-13,21,23-33H2. The quantitative estimate of drug-likeness (QED) is 0.108. The number of piperazine rings is 1. The van der Waals surface area contributed by atoms with E-state index < -0.39 is 0 Å². The molecule has 2 fully saturated rings. The molecule has 0 spiro atoms. The first-order valence-electron chi connectivity index (χ1n) is 17.3. The van der Waals surface area contributed by atoms with E-state index in [1.54, 1.807) is 0 Å². The summed E-state index contributed by atoms with van der Waals surface area (Å²) in [5.41, 5.74) is 4.86. The average Bonchev–Trinajstić information content (AvgIpc) is 3.12. The molecule has 0 atom stereocenters. The molecule has 46 heavy (non-hydrogen) atoms. The zero-order valence-corrected chi connectivity index (χ0v) is 27.2. The van der Waals surface area contributed by atoms with Crippen LogP contribution in [0.15, 0.2) is 115 Å². The van der Waals surface area contributed by atoms with Crippen molar-refractivity contribution in [1.82, 2.24) is 14.7 Å². The smallest absolute Gasteiger partial charge is 0.166 e. The third-order valence-corrected chi connectivity index (χ3v) is 9.70. The lowest BCUT2D eigenvalue weighted by atomic mass is 9.90. The summed E-state index contributed by atoms with van der Waals surface area (Å²) in [5.74, 6) is 1.31. The zero-order valence-electron chi connectivity index (χ0n) is 27.2. The van der Waals surface area contributed by atoms with Crippen LogP contribution in [-0.2, 0) is 6.54 Å². The van der Waals surface area contributed by atoms with Crippen LogP contribution < -0.4 is 4.74 Å². The zero-order chi connectivity index (χ0) is 31.4. The summed E-state index contributed by atoms with van der Waals surface area (Å²) in [6.45, 7) is 9.53. The Labute approximate surface area is 275 Å². The van der Waals surface area contributed by atoms with Crippen LogP contribution in [0.4, 0.5) is 0 Å². The van der Waals surface area contributed by atoms with E-state index in [4.69, 9.17) is 4.74 Å². The molecule has 4 aromatic carbocycles. The molecule has 0 unspecified atom stereocenters. The van der Waals surface area contributed by atoms with Crippen molar-refractivity contribution in [3.63, 3.8) is 0 Å². The Morgan fingerprint density at radius 1 is 0.630 bits per heavy atom. The van der Waals surface area contributed by atoms with E-state index in [1.807, 2.05) is 24.3 Å². The highest BCUT2D eigenvalue weighted by Crippen LogP contribution is 2.29. The molecule has 2 heterocycles. The lowest BCUT2D eigenvalue weighted by Crippen LogP contribution is -2.46. The van der Waals surface area contributed by atoms with Crippen LogP contribution in [0.3, 0.4) is 0 Å². The van der Waals surface area contributed by atoms with E-state index >= 15 is 0 Å². The van der Waals surface area contributed by atoms with Gasteiger partial charge in [-0.3, -0.25) is 9.69 Å². The topological polar surface area (TPSA) is 36.0 Å². The highest BCUT2D eigenvalue weighted by molar-refractivity contribution is 5.98. The van der Waals surface area contributed by atoms with Gasteiger partial charge in [0, 0.05) is 64.7 Å². The summed E-state index contributed by atoms with van der Waals surface area (Å²) in [6, 6.07) is 40.3. The highest BCUT2D eigenvalue weighted by atomic mass is 16.5. The van der Waals surface area contributed by atoms with E-state index in [-0.39, 0.29) is 11.9 Å². The third kappa shape index (κ3) is 9.16. The number of para-hydroxylation sites is 1. The highest BCUT2D eigenvalue weighted by Gasteiger charge is 2.25. The number of ketones is 1. The molecule has 0 aromatic heterocycles. The van der Waals surface area contributed by atoms with Crippen LogP contribution in [0.1, 0.15) is 65.1 Å². The number of hydrogen-bond acceptors (Lipinski definition) is 5. The van der Waals surface area contributed by atoms with Gasteiger partial charge in [0.1, 0.15) is 11.9 Å². The number of piperidine rings is 1. The van der Waals surface area contributed by atoms with Crippen molar-refractivity contribution in [2.75, 3.05) is 52.4 Å². The summed E-state index contributed by atoms with van der Waals surface area (Å²) in [6.07, 6.45) is 4.62. The first-order chi connectivity index (χ1) is 22.7. The van der Waals surface area contributed by atoms with E-state index in [0.717, 1.165) is 95.9 Å². The molecule has 0 N–H and O–H groups in total. The fourth-order valence-electron chi connectivity index (χ4n) is 6.99. The van der Waals surface area contributed by atoms with Crippen molar-refractivity contribution in [2.24, 2.45) is 0 Å². The Morgan fingerprint density at radius 3 is 1.85 bits per heavy atom. The number of benzene rings is 4. The average molecular weight is 616 g/mol. The van der Waals surface area contributed by atoms with Crippen LogP contribution in [0, 0.1) is 0 Å². The molecule has 240 valence electrons. The van der Waals surface area contributed by atoms with Crippen LogP contribution in [0.25, 0.3) is 0 Å². The van der Waals surface area contributed by atoms with Gasteiger partial charge < -0.3 is 14.5 Å². The number of rotatable bonds is 14. The number of Topliss-reactive ketones (excluding diaryl/α,β-unsaturated/α-hetero) is 1. The first-order valence-corrected chi connectivity index (χ1v) is 17.3. The first kappa shape index (κ1) is 32.2. The lowest BCUT2D eigenvalue weighted by Gasteiger charge is -2.35. The Balaban J connectivity index is 0.931. The molecule has 2 aliphatic heterocycles. The predicted octanol–water partition coefficient (Wildman–Crippen LogP) is 7.53. The number of unbranched alkanes of at least 4 members (excludes halogenated alkanes) is 1. The van der Waals surface area contributed by atoms with Gasteiger partial charge in [-0.1, -0.05) is 103 Å². The van der Waals surface area contributed by atoms with Gasteiger partial charge in [0.15, 0.2) is 5.78 Å². The molecular weight excluding hydrogens is 566 g/mol. The second kappa shape index (κ2) is 16.7. The second-order valence-corrected chi connectivity index (χ2v) is 13.0.